The number of aryl methyl sites for hydroxylation is 1. The smallest absolute Gasteiger partial charge is 0.263 e. The highest BCUT2D eigenvalue weighted by Crippen LogP contribution is 2.11. The molecule has 1 aliphatic rings. The number of hydrogen-bond acceptors (Lipinski definition) is 5. The minimum Gasteiger partial charge on any atom is -0.342 e. The van der Waals surface area contributed by atoms with Crippen molar-refractivity contribution in [1.82, 2.24) is 20.5 Å². The summed E-state index contributed by atoms with van der Waals surface area (Å²) in [5.41, 5.74) is 2.33. The van der Waals surface area contributed by atoms with Gasteiger partial charge in [-0.1, -0.05) is 0 Å². The molecular formula is C11H16N4O2S. The third-order valence-electron chi connectivity index (χ3n) is 2.82. The molecule has 98 valence electrons. The van der Waals surface area contributed by atoms with E-state index in [1.807, 2.05) is 0 Å². The first-order valence-corrected chi connectivity index (χ1v) is 6.73. The maximum atomic E-state index is 11.8. The van der Waals surface area contributed by atoms with Crippen molar-refractivity contribution in [2.24, 2.45) is 0 Å². The number of carbonyl (C=O) groups is 2. The Morgan fingerprint density at radius 2 is 2.22 bits per heavy atom. The molecule has 0 unspecified atom stereocenters. The van der Waals surface area contributed by atoms with E-state index in [4.69, 9.17) is 0 Å². The van der Waals surface area contributed by atoms with Crippen LogP contribution in [-0.2, 0) is 4.79 Å². The molecule has 1 aromatic rings. The van der Waals surface area contributed by atoms with Crippen LogP contribution in [-0.4, -0.2) is 54.4 Å². The van der Waals surface area contributed by atoms with Crippen molar-refractivity contribution in [2.45, 2.75) is 6.92 Å². The van der Waals surface area contributed by atoms with E-state index >= 15 is 0 Å². The third kappa shape index (κ3) is 3.05. The van der Waals surface area contributed by atoms with Gasteiger partial charge < -0.3 is 15.5 Å². The van der Waals surface area contributed by atoms with Crippen molar-refractivity contribution in [1.29, 1.82) is 0 Å². The highest BCUT2D eigenvalue weighted by atomic mass is 32.1. The molecule has 2 N–H and O–H groups in total. The van der Waals surface area contributed by atoms with Gasteiger partial charge in [-0.2, -0.15) is 0 Å². The minimum absolute atomic E-state index is 0.0352. The lowest BCUT2D eigenvalue weighted by molar-refractivity contribution is -0.130. The SMILES string of the molecule is Cc1ncsc1C(=O)NCC(=O)N1CCNCC1. The van der Waals surface area contributed by atoms with Crippen LogP contribution in [0.15, 0.2) is 5.51 Å². The summed E-state index contributed by atoms with van der Waals surface area (Å²) in [6.45, 7) is 4.86. The summed E-state index contributed by atoms with van der Waals surface area (Å²) < 4.78 is 0. The fourth-order valence-electron chi connectivity index (χ4n) is 1.78. The maximum absolute atomic E-state index is 11.8. The van der Waals surface area contributed by atoms with E-state index in [9.17, 15) is 9.59 Å². The van der Waals surface area contributed by atoms with E-state index in [1.165, 1.54) is 11.3 Å². The summed E-state index contributed by atoms with van der Waals surface area (Å²) in [6.07, 6.45) is 0. The molecule has 0 bridgehead atoms. The predicted octanol–water partition coefficient (Wildman–Crippen LogP) is -0.387. The van der Waals surface area contributed by atoms with Crippen LogP contribution < -0.4 is 10.6 Å². The molecular weight excluding hydrogens is 252 g/mol. The second kappa shape index (κ2) is 5.92. The Kier molecular flexibility index (Phi) is 4.27. The zero-order valence-electron chi connectivity index (χ0n) is 10.2. The Labute approximate surface area is 109 Å². The fraction of sp³-hybridized carbons (Fsp3) is 0.545. The Hall–Kier alpha value is -1.47. The van der Waals surface area contributed by atoms with Crippen molar-refractivity contribution in [3.05, 3.63) is 16.1 Å². The highest BCUT2D eigenvalue weighted by molar-refractivity contribution is 7.11. The van der Waals surface area contributed by atoms with Gasteiger partial charge in [0.05, 0.1) is 17.7 Å². The standard InChI is InChI=1S/C11H16N4O2S/c1-8-10(18-7-14-8)11(17)13-6-9(16)15-4-2-12-3-5-15/h7,12H,2-6H2,1H3,(H,13,17). The number of nitrogens with zero attached hydrogens (tertiary/aromatic N) is 2. The Morgan fingerprint density at radius 3 is 2.83 bits per heavy atom. The van der Waals surface area contributed by atoms with Gasteiger partial charge in [-0.15, -0.1) is 11.3 Å². The molecule has 2 heterocycles. The van der Waals surface area contributed by atoms with Crippen LogP contribution in [0.2, 0.25) is 0 Å². The normalized spacial score (nSPS) is 15.5. The molecule has 1 aromatic heterocycles. The Balaban J connectivity index is 1.82. The second-order valence-electron chi connectivity index (χ2n) is 4.08. The summed E-state index contributed by atoms with van der Waals surface area (Å²) in [7, 11) is 0. The van der Waals surface area contributed by atoms with Crippen LogP contribution in [0.1, 0.15) is 15.4 Å². The number of amides is 2. The molecule has 2 rings (SSSR count). The van der Waals surface area contributed by atoms with E-state index in [0.717, 1.165) is 13.1 Å². The summed E-state index contributed by atoms with van der Waals surface area (Å²) in [5, 5.41) is 5.82. The molecule has 1 fully saturated rings. The highest BCUT2D eigenvalue weighted by Gasteiger charge is 2.18. The Morgan fingerprint density at radius 1 is 1.50 bits per heavy atom. The van der Waals surface area contributed by atoms with Gasteiger partial charge in [-0.05, 0) is 6.92 Å². The molecule has 7 heteroatoms. The van der Waals surface area contributed by atoms with E-state index in [1.54, 1.807) is 17.3 Å². The van der Waals surface area contributed by atoms with E-state index in [0.29, 0.717) is 23.7 Å². The molecule has 0 atom stereocenters. The lowest BCUT2D eigenvalue weighted by Gasteiger charge is -2.27. The number of piperazine rings is 1. The first-order chi connectivity index (χ1) is 8.68. The van der Waals surface area contributed by atoms with Gasteiger partial charge in [-0.3, -0.25) is 9.59 Å². The molecule has 0 aromatic carbocycles. The van der Waals surface area contributed by atoms with Crippen LogP contribution in [0.3, 0.4) is 0 Å². The van der Waals surface area contributed by atoms with E-state index < -0.39 is 0 Å². The molecule has 1 saturated heterocycles. The summed E-state index contributed by atoms with van der Waals surface area (Å²) in [4.78, 5) is 30.0. The lowest BCUT2D eigenvalue weighted by atomic mass is 10.3. The molecule has 0 radical (unpaired) electrons. The van der Waals surface area contributed by atoms with Crippen LogP contribution >= 0.6 is 11.3 Å². The van der Waals surface area contributed by atoms with Crippen LogP contribution in [0.25, 0.3) is 0 Å². The quantitative estimate of drug-likeness (QED) is 0.783. The average Bonchev–Trinajstić information content (AvgIpc) is 2.83. The van der Waals surface area contributed by atoms with Crippen LogP contribution in [0, 0.1) is 6.92 Å². The van der Waals surface area contributed by atoms with Gasteiger partial charge in [0.1, 0.15) is 4.88 Å². The number of hydrogen-bond donors (Lipinski definition) is 2. The van der Waals surface area contributed by atoms with Crippen molar-refractivity contribution in [3.8, 4) is 0 Å². The van der Waals surface area contributed by atoms with Crippen molar-refractivity contribution in [2.75, 3.05) is 32.7 Å². The lowest BCUT2D eigenvalue weighted by Crippen LogP contribution is -2.49. The topological polar surface area (TPSA) is 74.3 Å². The molecule has 6 nitrogen and oxygen atoms in total. The first-order valence-electron chi connectivity index (χ1n) is 5.85. The van der Waals surface area contributed by atoms with Crippen LogP contribution in [0.4, 0.5) is 0 Å². The van der Waals surface area contributed by atoms with Crippen LogP contribution in [0.5, 0.6) is 0 Å². The zero-order chi connectivity index (χ0) is 13.0. The van der Waals surface area contributed by atoms with E-state index in [-0.39, 0.29) is 18.4 Å². The fourth-order valence-corrected chi connectivity index (χ4v) is 2.50. The third-order valence-corrected chi connectivity index (χ3v) is 3.75. The van der Waals surface area contributed by atoms with Gasteiger partial charge in [-0.25, -0.2) is 4.98 Å². The largest absolute Gasteiger partial charge is 0.342 e. The summed E-state index contributed by atoms with van der Waals surface area (Å²) >= 11 is 1.29. The minimum atomic E-state index is -0.224. The number of thiazole rings is 1. The second-order valence-corrected chi connectivity index (χ2v) is 4.94. The number of carbonyl (C=O) groups excluding carboxylic acids is 2. The Bertz CT molecular complexity index is 440. The monoisotopic (exact) mass is 268 g/mol. The molecule has 0 saturated carbocycles. The van der Waals surface area contributed by atoms with Gasteiger partial charge in [0, 0.05) is 26.2 Å². The van der Waals surface area contributed by atoms with Crippen molar-refractivity contribution in [3.63, 3.8) is 0 Å². The van der Waals surface area contributed by atoms with Gasteiger partial charge in [0.15, 0.2) is 0 Å². The molecule has 0 aliphatic carbocycles. The van der Waals surface area contributed by atoms with Gasteiger partial charge in [0.25, 0.3) is 5.91 Å². The zero-order valence-corrected chi connectivity index (χ0v) is 11.0. The van der Waals surface area contributed by atoms with Gasteiger partial charge in [0.2, 0.25) is 5.91 Å². The number of nitrogens with one attached hydrogen (secondary N) is 2. The molecule has 1 aliphatic heterocycles. The van der Waals surface area contributed by atoms with Crippen molar-refractivity contribution >= 4 is 23.2 Å². The first kappa shape index (κ1) is 13.0. The number of rotatable bonds is 3. The molecule has 18 heavy (non-hydrogen) atoms. The van der Waals surface area contributed by atoms with E-state index in [2.05, 4.69) is 15.6 Å². The van der Waals surface area contributed by atoms with Gasteiger partial charge >= 0.3 is 0 Å². The predicted molar refractivity (Wildman–Crippen MR) is 68.6 cm³/mol. The summed E-state index contributed by atoms with van der Waals surface area (Å²) in [5.74, 6) is -0.259. The number of aromatic nitrogens is 1. The molecule has 0 spiro atoms. The maximum Gasteiger partial charge on any atom is 0.263 e. The summed E-state index contributed by atoms with van der Waals surface area (Å²) in [6, 6.07) is 0. The van der Waals surface area contributed by atoms with Crippen molar-refractivity contribution < 1.29 is 9.59 Å². The average molecular weight is 268 g/mol. The molecule has 2 amide bonds.